The zero-order chi connectivity index (χ0) is 10.7. The highest BCUT2D eigenvalue weighted by Gasteiger charge is 2.16. The first kappa shape index (κ1) is 10.0. The zero-order valence-electron chi connectivity index (χ0n) is 8.17. The summed E-state index contributed by atoms with van der Waals surface area (Å²) in [4.78, 5) is 23.4. The lowest BCUT2D eigenvalue weighted by Crippen LogP contribution is -2.15. The molecule has 0 radical (unpaired) electrons. The average Bonchev–Trinajstić information content (AvgIpc) is 2.29. The van der Waals surface area contributed by atoms with Gasteiger partial charge in [0.25, 0.3) is 5.91 Å². The van der Waals surface area contributed by atoms with Crippen molar-refractivity contribution in [2.45, 2.75) is 6.42 Å². The Balaban J connectivity index is 2.35. The number of amides is 1. The molecule has 0 aromatic carbocycles. The number of hydrogen-bond donors (Lipinski definition) is 0. The monoisotopic (exact) mass is 219 g/mol. The molecule has 1 aliphatic rings. The Labute approximate surface area is 91.5 Å². The summed E-state index contributed by atoms with van der Waals surface area (Å²) in [5.41, 5.74) is 1.62. The lowest BCUT2D eigenvalue weighted by molar-refractivity contribution is -0.116. The van der Waals surface area contributed by atoms with Crippen LogP contribution in [-0.2, 0) is 4.79 Å². The third-order valence-electron chi connectivity index (χ3n) is 1.95. The van der Waals surface area contributed by atoms with Crippen molar-refractivity contribution in [3.63, 3.8) is 0 Å². The number of rotatable bonds is 1. The van der Waals surface area contributed by atoms with Crippen LogP contribution in [0.15, 0.2) is 34.5 Å². The molecule has 1 aromatic heterocycles. The van der Waals surface area contributed by atoms with Crippen LogP contribution in [0.3, 0.4) is 0 Å². The van der Waals surface area contributed by atoms with Gasteiger partial charge in [0.2, 0.25) is 0 Å². The molecule has 2 rings (SSSR count). The van der Waals surface area contributed by atoms with Crippen molar-refractivity contribution in [3.8, 4) is 0 Å². The molecule has 0 fully saturated rings. The maximum absolute atomic E-state index is 11.3. The van der Waals surface area contributed by atoms with Crippen LogP contribution in [0.4, 0.5) is 0 Å². The molecule has 0 saturated carbocycles. The maximum atomic E-state index is 11.3. The van der Waals surface area contributed by atoms with Crippen LogP contribution in [-0.4, -0.2) is 28.0 Å². The number of thioether (sulfide) groups is 1. The SMILES string of the molecule is CSC1=NC(=O)CC(c2cccnc2)=N1. The molecular formula is C10H9N3OS. The van der Waals surface area contributed by atoms with Crippen LogP contribution in [0.2, 0.25) is 0 Å². The van der Waals surface area contributed by atoms with Crippen molar-refractivity contribution < 1.29 is 4.79 Å². The topological polar surface area (TPSA) is 54.7 Å². The van der Waals surface area contributed by atoms with Gasteiger partial charge in [-0.2, -0.15) is 4.99 Å². The summed E-state index contributed by atoms with van der Waals surface area (Å²) in [5.74, 6) is -0.145. The molecule has 0 spiro atoms. The molecule has 0 unspecified atom stereocenters. The quantitative estimate of drug-likeness (QED) is 0.719. The molecule has 0 saturated heterocycles. The van der Waals surface area contributed by atoms with Gasteiger partial charge in [0.1, 0.15) is 0 Å². The number of carbonyl (C=O) groups excluding carboxylic acids is 1. The van der Waals surface area contributed by atoms with Crippen molar-refractivity contribution in [1.82, 2.24) is 4.98 Å². The Bertz CT molecular complexity index is 439. The van der Waals surface area contributed by atoms with E-state index in [1.54, 1.807) is 12.4 Å². The van der Waals surface area contributed by atoms with Gasteiger partial charge in [-0.1, -0.05) is 17.8 Å². The van der Waals surface area contributed by atoms with Gasteiger partial charge in [-0.3, -0.25) is 9.78 Å². The molecule has 2 heterocycles. The van der Waals surface area contributed by atoms with E-state index in [4.69, 9.17) is 0 Å². The molecule has 1 aromatic rings. The number of amidine groups is 1. The predicted octanol–water partition coefficient (Wildman–Crippen LogP) is 1.52. The van der Waals surface area contributed by atoms with E-state index < -0.39 is 0 Å². The highest BCUT2D eigenvalue weighted by molar-refractivity contribution is 8.13. The maximum Gasteiger partial charge on any atom is 0.254 e. The van der Waals surface area contributed by atoms with Gasteiger partial charge in [0, 0.05) is 18.0 Å². The molecular weight excluding hydrogens is 210 g/mol. The molecule has 1 aliphatic heterocycles. The van der Waals surface area contributed by atoms with Crippen molar-refractivity contribution in [3.05, 3.63) is 30.1 Å². The summed E-state index contributed by atoms with van der Waals surface area (Å²) < 4.78 is 0. The summed E-state index contributed by atoms with van der Waals surface area (Å²) in [7, 11) is 0. The van der Waals surface area contributed by atoms with Crippen molar-refractivity contribution in [1.29, 1.82) is 0 Å². The van der Waals surface area contributed by atoms with E-state index in [2.05, 4.69) is 15.0 Å². The van der Waals surface area contributed by atoms with Gasteiger partial charge >= 0.3 is 0 Å². The van der Waals surface area contributed by atoms with Crippen molar-refractivity contribution >= 4 is 28.5 Å². The fraction of sp³-hybridized carbons (Fsp3) is 0.200. The van der Waals surface area contributed by atoms with Gasteiger partial charge in [0.15, 0.2) is 5.17 Å². The van der Waals surface area contributed by atoms with E-state index in [9.17, 15) is 4.79 Å². The lowest BCUT2D eigenvalue weighted by atomic mass is 10.1. The largest absolute Gasteiger partial charge is 0.272 e. The molecule has 5 heteroatoms. The number of aromatic nitrogens is 1. The Morgan fingerprint density at radius 3 is 2.93 bits per heavy atom. The molecule has 4 nitrogen and oxygen atoms in total. The second-order valence-electron chi connectivity index (χ2n) is 2.97. The van der Waals surface area contributed by atoms with Crippen LogP contribution in [0.25, 0.3) is 0 Å². The van der Waals surface area contributed by atoms with Crippen LogP contribution < -0.4 is 0 Å². The van der Waals surface area contributed by atoms with Crippen LogP contribution >= 0.6 is 11.8 Å². The van der Waals surface area contributed by atoms with Gasteiger partial charge in [-0.25, -0.2) is 4.99 Å². The van der Waals surface area contributed by atoms with E-state index in [-0.39, 0.29) is 12.3 Å². The Morgan fingerprint density at radius 2 is 2.27 bits per heavy atom. The van der Waals surface area contributed by atoms with Crippen molar-refractivity contribution in [2.24, 2.45) is 9.98 Å². The van der Waals surface area contributed by atoms with E-state index in [1.807, 2.05) is 18.4 Å². The smallest absolute Gasteiger partial charge is 0.254 e. The first-order valence-corrected chi connectivity index (χ1v) is 5.65. The second kappa shape index (κ2) is 4.35. The van der Waals surface area contributed by atoms with Crippen molar-refractivity contribution in [2.75, 3.05) is 6.26 Å². The predicted molar refractivity (Wildman–Crippen MR) is 61.3 cm³/mol. The summed E-state index contributed by atoms with van der Waals surface area (Å²) in [6, 6.07) is 3.72. The molecule has 0 atom stereocenters. The van der Waals surface area contributed by atoms with E-state index in [0.717, 1.165) is 11.3 Å². The standard InChI is InChI=1S/C10H9N3OS/c1-15-10-12-8(5-9(14)13-10)7-3-2-4-11-6-7/h2-4,6H,5H2,1H3. The molecule has 76 valence electrons. The van der Waals surface area contributed by atoms with Crippen LogP contribution in [0.5, 0.6) is 0 Å². The summed E-state index contributed by atoms with van der Waals surface area (Å²) in [6.45, 7) is 0. The molecule has 0 N–H and O–H groups in total. The molecule has 1 amide bonds. The number of nitrogens with zero attached hydrogens (tertiary/aromatic N) is 3. The average molecular weight is 219 g/mol. The number of aliphatic imine (C=N–C) groups is 2. The van der Waals surface area contributed by atoms with Crippen LogP contribution in [0.1, 0.15) is 12.0 Å². The normalized spacial score (nSPS) is 15.9. The fourth-order valence-electron chi connectivity index (χ4n) is 1.26. The summed E-state index contributed by atoms with van der Waals surface area (Å²) in [6.07, 6.45) is 5.51. The van der Waals surface area contributed by atoms with Gasteiger partial charge < -0.3 is 0 Å². The number of carbonyl (C=O) groups is 1. The fourth-order valence-corrected chi connectivity index (χ4v) is 1.66. The molecule has 0 bridgehead atoms. The summed E-state index contributed by atoms with van der Waals surface area (Å²) in [5, 5.41) is 0.519. The lowest BCUT2D eigenvalue weighted by Gasteiger charge is -2.09. The number of hydrogen-bond acceptors (Lipinski definition) is 4. The first-order valence-electron chi connectivity index (χ1n) is 4.43. The van der Waals surface area contributed by atoms with Gasteiger partial charge in [-0.15, -0.1) is 0 Å². The Kier molecular flexibility index (Phi) is 2.91. The third kappa shape index (κ3) is 2.30. The van der Waals surface area contributed by atoms with E-state index in [1.165, 1.54) is 11.8 Å². The van der Waals surface area contributed by atoms with Crippen LogP contribution in [0, 0.1) is 0 Å². The van der Waals surface area contributed by atoms with Gasteiger partial charge in [-0.05, 0) is 12.3 Å². The van der Waals surface area contributed by atoms with Gasteiger partial charge in [0.05, 0.1) is 12.1 Å². The number of pyridine rings is 1. The highest BCUT2D eigenvalue weighted by Crippen LogP contribution is 2.13. The molecule has 0 aliphatic carbocycles. The third-order valence-corrected chi connectivity index (χ3v) is 2.49. The summed E-state index contributed by atoms with van der Waals surface area (Å²) >= 11 is 1.37. The first-order chi connectivity index (χ1) is 7.29. The Morgan fingerprint density at radius 1 is 1.40 bits per heavy atom. The van der Waals surface area contributed by atoms with E-state index >= 15 is 0 Å². The minimum absolute atomic E-state index is 0.145. The minimum atomic E-state index is -0.145. The second-order valence-corrected chi connectivity index (χ2v) is 3.74. The highest BCUT2D eigenvalue weighted by atomic mass is 32.2. The van der Waals surface area contributed by atoms with E-state index in [0.29, 0.717) is 5.17 Å². The zero-order valence-corrected chi connectivity index (χ0v) is 8.99. The Hall–Kier alpha value is -1.49. The molecule has 15 heavy (non-hydrogen) atoms. The minimum Gasteiger partial charge on any atom is -0.272 e.